The van der Waals surface area contributed by atoms with Crippen molar-refractivity contribution in [1.82, 2.24) is 14.9 Å². The van der Waals surface area contributed by atoms with Gasteiger partial charge in [0.2, 0.25) is 0 Å². The van der Waals surface area contributed by atoms with Gasteiger partial charge in [-0.25, -0.2) is 9.37 Å². The molecule has 2 heterocycles. The average Bonchev–Trinajstić information content (AvgIpc) is 3.01. The van der Waals surface area contributed by atoms with Crippen LogP contribution in [0.25, 0.3) is 0 Å². The Morgan fingerprint density at radius 3 is 2.86 bits per heavy atom. The van der Waals surface area contributed by atoms with E-state index in [2.05, 4.69) is 20.2 Å². The van der Waals surface area contributed by atoms with Gasteiger partial charge in [0.25, 0.3) is 0 Å². The van der Waals surface area contributed by atoms with Crippen LogP contribution < -0.4 is 5.32 Å². The molecule has 0 atom stereocenters. The zero-order chi connectivity index (χ0) is 14.7. The van der Waals surface area contributed by atoms with Crippen LogP contribution in [-0.4, -0.2) is 33.1 Å². The number of aromatic nitrogens is 2. The molecule has 2 aromatic rings. The molecule has 6 heteroatoms. The van der Waals surface area contributed by atoms with Crippen molar-refractivity contribution in [3.8, 4) is 0 Å². The highest BCUT2D eigenvalue weighted by Gasteiger charge is 2.22. The summed E-state index contributed by atoms with van der Waals surface area (Å²) in [7, 11) is 0. The van der Waals surface area contributed by atoms with Crippen molar-refractivity contribution in [2.45, 2.75) is 18.8 Å². The summed E-state index contributed by atoms with van der Waals surface area (Å²) in [6.45, 7) is 1.79. The number of benzene rings is 1. The van der Waals surface area contributed by atoms with Crippen LogP contribution in [0.2, 0.25) is 0 Å². The number of imidazole rings is 1. The van der Waals surface area contributed by atoms with Gasteiger partial charge in [-0.2, -0.15) is 0 Å². The number of halogens is 1. The lowest BCUT2D eigenvalue weighted by molar-refractivity contribution is 0.314. The molecule has 1 saturated heterocycles. The maximum absolute atomic E-state index is 13.2. The van der Waals surface area contributed by atoms with Gasteiger partial charge in [0.1, 0.15) is 5.82 Å². The molecule has 0 aliphatic carbocycles. The van der Waals surface area contributed by atoms with Gasteiger partial charge in [0.05, 0.1) is 6.33 Å². The van der Waals surface area contributed by atoms with Crippen LogP contribution in [0.15, 0.2) is 36.8 Å². The predicted molar refractivity (Wildman–Crippen MR) is 84.8 cm³/mol. The second-order valence-electron chi connectivity index (χ2n) is 5.21. The van der Waals surface area contributed by atoms with E-state index < -0.39 is 0 Å². The summed E-state index contributed by atoms with van der Waals surface area (Å²) < 4.78 is 13.2. The molecule has 0 saturated carbocycles. The summed E-state index contributed by atoms with van der Waals surface area (Å²) in [5, 5.41) is 3.76. The molecule has 1 fully saturated rings. The first-order valence-electron chi connectivity index (χ1n) is 7.02. The summed E-state index contributed by atoms with van der Waals surface area (Å²) in [6, 6.07) is 6.35. The third-order valence-electron chi connectivity index (χ3n) is 3.82. The number of piperidine rings is 1. The number of thiocarbonyl (C=S) groups is 1. The first-order valence-corrected chi connectivity index (χ1v) is 7.43. The molecule has 3 rings (SSSR count). The summed E-state index contributed by atoms with van der Waals surface area (Å²) in [6.07, 6.45) is 5.68. The van der Waals surface area contributed by atoms with Crippen molar-refractivity contribution >= 4 is 23.0 Å². The van der Waals surface area contributed by atoms with Gasteiger partial charge in [-0.15, -0.1) is 0 Å². The lowest BCUT2D eigenvalue weighted by atomic mass is 9.94. The van der Waals surface area contributed by atoms with Crippen molar-refractivity contribution in [2.24, 2.45) is 0 Å². The Morgan fingerprint density at radius 2 is 2.19 bits per heavy atom. The fourth-order valence-corrected chi connectivity index (χ4v) is 2.95. The van der Waals surface area contributed by atoms with E-state index in [1.807, 2.05) is 12.3 Å². The Morgan fingerprint density at radius 1 is 1.38 bits per heavy atom. The molecule has 0 bridgehead atoms. The van der Waals surface area contributed by atoms with E-state index in [0.29, 0.717) is 16.7 Å². The van der Waals surface area contributed by atoms with E-state index >= 15 is 0 Å². The first-order chi connectivity index (χ1) is 10.2. The molecule has 1 aliphatic heterocycles. The fraction of sp³-hybridized carbons (Fsp3) is 0.333. The van der Waals surface area contributed by atoms with E-state index in [-0.39, 0.29) is 5.82 Å². The zero-order valence-corrected chi connectivity index (χ0v) is 12.4. The van der Waals surface area contributed by atoms with Crippen molar-refractivity contribution < 1.29 is 4.39 Å². The van der Waals surface area contributed by atoms with Gasteiger partial charge >= 0.3 is 0 Å². The van der Waals surface area contributed by atoms with Crippen molar-refractivity contribution in [3.05, 3.63) is 48.3 Å². The largest absolute Gasteiger partial charge is 0.349 e. The number of nitrogens with zero attached hydrogens (tertiary/aromatic N) is 2. The van der Waals surface area contributed by atoms with E-state index in [9.17, 15) is 4.39 Å². The lowest BCUT2D eigenvalue weighted by Crippen LogP contribution is -2.40. The molecule has 4 nitrogen and oxygen atoms in total. The molecule has 21 heavy (non-hydrogen) atoms. The molecule has 1 aliphatic rings. The van der Waals surface area contributed by atoms with Gasteiger partial charge in [-0.1, -0.05) is 6.07 Å². The minimum Gasteiger partial charge on any atom is -0.349 e. The highest BCUT2D eigenvalue weighted by molar-refractivity contribution is 7.80. The van der Waals surface area contributed by atoms with E-state index in [1.54, 1.807) is 12.4 Å². The van der Waals surface area contributed by atoms with Gasteiger partial charge in [-0.05, 0) is 43.3 Å². The molecule has 2 N–H and O–H groups in total. The third-order valence-corrected chi connectivity index (χ3v) is 4.18. The van der Waals surface area contributed by atoms with Crippen LogP contribution in [0.1, 0.15) is 24.5 Å². The molecular formula is C15H17FN4S. The maximum Gasteiger partial charge on any atom is 0.173 e. The standard InChI is InChI=1S/C15H17FN4S/c16-12-2-1-3-13(8-12)19-15(21)20-6-4-11(5-7-20)14-9-17-10-18-14/h1-3,8-11H,4-7H2,(H,17,18)(H,19,21). The van der Waals surface area contributed by atoms with Crippen LogP contribution in [0.4, 0.5) is 10.1 Å². The van der Waals surface area contributed by atoms with E-state index in [0.717, 1.165) is 25.9 Å². The monoisotopic (exact) mass is 304 g/mol. The third kappa shape index (κ3) is 3.39. The SMILES string of the molecule is Fc1cccc(NC(=S)N2CCC(c3cnc[nH]3)CC2)c1. The maximum atomic E-state index is 13.2. The molecule has 0 radical (unpaired) electrons. The molecule has 1 aromatic heterocycles. The van der Waals surface area contributed by atoms with Crippen LogP contribution in [0.5, 0.6) is 0 Å². The Hall–Kier alpha value is -1.95. The van der Waals surface area contributed by atoms with Crippen LogP contribution in [0, 0.1) is 5.82 Å². The summed E-state index contributed by atoms with van der Waals surface area (Å²) in [5.41, 5.74) is 1.88. The number of aromatic amines is 1. The highest BCUT2D eigenvalue weighted by Crippen LogP contribution is 2.26. The van der Waals surface area contributed by atoms with Crippen LogP contribution in [0.3, 0.4) is 0 Å². The second kappa shape index (κ2) is 6.22. The lowest BCUT2D eigenvalue weighted by Gasteiger charge is -2.33. The smallest absolute Gasteiger partial charge is 0.173 e. The number of likely N-dealkylation sites (tertiary alicyclic amines) is 1. The van der Waals surface area contributed by atoms with Gasteiger partial charge < -0.3 is 15.2 Å². The Labute approximate surface area is 128 Å². The molecule has 0 unspecified atom stereocenters. The Kier molecular flexibility index (Phi) is 4.15. The van der Waals surface area contributed by atoms with E-state index in [1.165, 1.54) is 17.8 Å². The van der Waals surface area contributed by atoms with Crippen LogP contribution in [-0.2, 0) is 0 Å². The van der Waals surface area contributed by atoms with Crippen LogP contribution >= 0.6 is 12.2 Å². The zero-order valence-electron chi connectivity index (χ0n) is 11.6. The molecule has 0 spiro atoms. The minimum absolute atomic E-state index is 0.263. The van der Waals surface area contributed by atoms with Gasteiger partial charge in [-0.3, -0.25) is 0 Å². The van der Waals surface area contributed by atoms with Crippen molar-refractivity contribution in [1.29, 1.82) is 0 Å². The number of H-pyrrole nitrogens is 1. The average molecular weight is 304 g/mol. The minimum atomic E-state index is -0.263. The molecule has 110 valence electrons. The number of rotatable bonds is 2. The summed E-state index contributed by atoms with van der Waals surface area (Å²) in [5.74, 6) is 0.251. The predicted octanol–water partition coefficient (Wildman–Crippen LogP) is 3.13. The summed E-state index contributed by atoms with van der Waals surface area (Å²) >= 11 is 5.41. The highest BCUT2D eigenvalue weighted by atomic mass is 32.1. The molecular weight excluding hydrogens is 287 g/mol. The fourth-order valence-electron chi connectivity index (χ4n) is 2.65. The normalized spacial score (nSPS) is 16.0. The van der Waals surface area contributed by atoms with Crippen molar-refractivity contribution in [3.63, 3.8) is 0 Å². The number of anilines is 1. The second-order valence-corrected chi connectivity index (χ2v) is 5.60. The van der Waals surface area contributed by atoms with E-state index in [4.69, 9.17) is 12.2 Å². The number of nitrogens with one attached hydrogen (secondary N) is 2. The molecule has 0 amide bonds. The topological polar surface area (TPSA) is 44.0 Å². The quantitative estimate of drug-likeness (QED) is 0.837. The van der Waals surface area contributed by atoms with Crippen molar-refractivity contribution in [2.75, 3.05) is 18.4 Å². The molecule has 1 aromatic carbocycles. The van der Waals surface area contributed by atoms with Gasteiger partial charge in [0, 0.05) is 36.6 Å². The first kappa shape index (κ1) is 14.0. The number of hydrogen-bond acceptors (Lipinski definition) is 2. The number of hydrogen-bond donors (Lipinski definition) is 2. The Bertz CT molecular complexity index is 606. The Balaban J connectivity index is 1.55. The summed E-state index contributed by atoms with van der Waals surface area (Å²) in [4.78, 5) is 9.38. The van der Waals surface area contributed by atoms with Gasteiger partial charge in [0.15, 0.2) is 5.11 Å².